The van der Waals surface area contributed by atoms with Gasteiger partial charge in [0.05, 0.1) is 18.3 Å². The van der Waals surface area contributed by atoms with E-state index in [2.05, 4.69) is 20.9 Å². The molecule has 1 aromatic rings. The number of ether oxygens (including phenoxy) is 1. The Balaban J connectivity index is 1.42. The highest BCUT2D eigenvalue weighted by molar-refractivity contribution is 5.41. The van der Waals surface area contributed by atoms with E-state index in [1.807, 2.05) is 0 Å². The maximum atomic E-state index is 9.92. The van der Waals surface area contributed by atoms with Crippen molar-refractivity contribution in [1.29, 1.82) is 0 Å². The van der Waals surface area contributed by atoms with Crippen LogP contribution < -0.4 is 4.90 Å². The summed E-state index contributed by atoms with van der Waals surface area (Å²) in [5.74, 6) is 1.64. The molecule has 2 atom stereocenters. The Morgan fingerprint density at radius 2 is 1.91 bits per heavy atom. The van der Waals surface area contributed by atoms with Gasteiger partial charge in [-0.3, -0.25) is 0 Å². The molecule has 0 bridgehead atoms. The maximum Gasteiger partial charge on any atom is 0.132 e. The van der Waals surface area contributed by atoms with E-state index in [1.54, 1.807) is 6.33 Å². The summed E-state index contributed by atoms with van der Waals surface area (Å²) < 4.78 is 5.88. The normalized spacial score (nSPS) is 31.5. The van der Waals surface area contributed by atoms with Gasteiger partial charge in [0.1, 0.15) is 18.2 Å². The topological polar surface area (TPSA) is 78.7 Å². The molecule has 2 aliphatic heterocycles. The fourth-order valence-electron chi connectivity index (χ4n) is 3.58. The number of aromatic nitrogens is 2. The number of hydrogen-bond donors (Lipinski definition) is 2. The predicted octanol–water partition coefficient (Wildman–Crippen LogP) is 0.835. The van der Waals surface area contributed by atoms with E-state index >= 15 is 0 Å². The summed E-state index contributed by atoms with van der Waals surface area (Å²) in [4.78, 5) is 11.1. The van der Waals surface area contributed by atoms with E-state index in [-0.39, 0.29) is 12.2 Å². The Bertz CT molecular complexity index is 541. The van der Waals surface area contributed by atoms with Gasteiger partial charge in [0.15, 0.2) is 0 Å². The summed E-state index contributed by atoms with van der Waals surface area (Å²) in [5, 5.41) is 19.5. The van der Waals surface area contributed by atoms with E-state index in [4.69, 9.17) is 4.74 Å². The minimum Gasteiger partial charge on any atom is -0.390 e. The zero-order valence-electron chi connectivity index (χ0n) is 12.7. The lowest BCUT2D eigenvalue weighted by Gasteiger charge is -2.46. The van der Waals surface area contributed by atoms with Crippen molar-refractivity contribution in [2.45, 2.75) is 55.8 Å². The number of piperidine rings is 1. The molecule has 2 saturated heterocycles. The Kier molecular flexibility index (Phi) is 3.55. The van der Waals surface area contributed by atoms with Crippen LogP contribution in [0.5, 0.6) is 0 Å². The van der Waals surface area contributed by atoms with Crippen LogP contribution >= 0.6 is 0 Å². The van der Waals surface area contributed by atoms with Crippen molar-refractivity contribution in [3.8, 4) is 0 Å². The van der Waals surface area contributed by atoms with Crippen molar-refractivity contribution in [3.05, 3.63) is 18.1 Å². The molecule has 0 aromatic carbocycles. The zero-order chi connectivity index (χ0) is 15.2. The zero-order valence-corrected chi connectivity index (χ0v) is 12.7. The van der Waals surface area contributed by atoms with Crippen LogP contribution in [0.2, 0.25) is 0 Å². The smallest absolute Gasteiger partial charge is 0.132 e. The first-order valence-corrected chi connectivity index (χ1v) is 8.22. The van der Waals surface area contributed by atoms with Gasteiger partial charge >= 0.3 is 0 Å². The second kappa shape index (κ2) is 5.44. The lowest BCUT2D eigenvalue weighted by atomic mass is 9.82. The minimum atomic E-state index is -0.744. The molecule has 120 valence electrons. The van der Waals surface area contributed by atoms with Crippen molar-refractivity contribution in [2.24, 2.45) is 0 Å². The van der Waals surface area contributed by atoms with E-state index in [0.717, 1.165) is 37.4 Å². The highest BCUT2D eigenvalue weighted by Crippen LogP contribution is 2.40. The molecule has 1 aromatic heterocycles. The molecule has 3 heterocycles. The standard InChI is InChI=1S/C16H23N3O3/c20-13-8-16(22-9-14(13)21)3-5-19(6-4-16)15-7-12(11-1-2-11)17-10-18-15/h7,10-11,13-14,20-21H,1-6,8-9H2/t13-,14+/m1/s1. The van der Waals surface area contributed by atoms with Crippen molar-refractivity contribution < 1.29 is 14.9 Å². The average molecular weight is 305 g/mol. The van der Waals surface area contributed by atoms with Crippen LogP contribution in [-0.4, -0.2) is 57.7 Å². The molecule has 0 unspecified atom stereocenters. The van der Waals surface area contributed by atoms with Gasteiger partial charge in [0.2, 0.25) is 0 Å². The second-order valence-electron chi connectivity index (χ2n) is 6.90. The van der Waals surface area contributed by atoms with Crippen LogP contribution in [0.25, 0.3) is 0 Å². The summed E-state index contributed by atoms with van der Waals surface area (Å²) in [6.07, 6.45) is 5.00. The predicted molar refractivity (Wildman–Crippen MR) is 80.8 cm³/mol. The van der Waals surface area contributed by atoms with E-state index in [1.165, 1.54) is 12.8 Å². The van der Waals surface area contributed by atoms with Gasteiger partial charge in [0, 0.05) is 37.2 Å². The first-order chi connectivity index (χ1) is 10.7. The molecule has 3 aliphatic rings. The molecule has 1 saturated carbocycles. The molecule has 1 spiro atoms. The number of aliphatic hydroxyl groups excluding tert-OH is 2. The fraction of sp³-hybridized carbons (Fsp3) is 0.750. The number of aliphatic hydroxyl groups is 2. The quantitative estimate of drug-likeness (QED) is 0.843. The molecule has 22 heavy (non-hydrogen) atoms. The number of hydrogen-bond acceptors (Lipinski definition) is 6. The summed E-state index contributed by atoms with van der Waals surface area (Å²) in [6.45, 7) is 1.97. The number of rotatable bonds is 2. The molecule has 0 amide bonds. The minimum absolute atomic E-state index is 0.237. The van der Waals surface area contributed by atoms with Crippen molar-refractivity contribution in [3.63, 3.8) is 0 Å². The molecular formula is C16H23N3O3. The first-order valence-electron chi connectivity index (χ1n) is 8.22. The third kappa shape index (κ3) is 2.71. The Labute approximate surface area is 130 Å². The van der Waals surface area contributed by atoms with E-state index in [9.17, 15) is 10.2 Å². The van der Waals surface area contributed by atoms with Crippen LogP contribution in [0.1, 0.15) is 43.7 Å². The lowest BCUT2D eigenvalue weighted by molar-refractivity contribution is -0.178. The maximum absolute atomic E-state index is 9.92. The van der Waals surface area contributed by atoms with Crippen molar-refractivity contribution in [1.82, 2.24) is 9.97 Å². The van der Waals surface area contributed by atoms with Gasteiger partial charge in [-0.1, -0.05) is 0 Å². The highest BCUT2D eigenvalue weighted by Gasteiger charge is 2.43. The molecule has 2 N–H and O–H groups in total. The van der Waals surface area contributed by atoms with Gasteiger partial charge in [-0.05, 0) is 25.7 Å². The van der Waals surface area contributed by atoms with Crippen molar-refractivity contribution >= 4 is 5.82 Å². The van der Waals surface area contributed by atoms with Crippen LogP contribution in [0, 0.1) is 0 Å². The Hall–Kier alpha value is -1.24. The van der Waals surface area contributed by atoms with Gasteiger partial charge in [-0.2, -0.15) is 0 Å². The Morgan fingerprint density at radius 1 is 1.14 bits per heavy atom. The van der Waals surface area contributed by atoms with Crippen LogP contribution in [0.15, 0.2) is 12.4 Å². The molecule has 4 rings (SSSR count). The van der Waals surface area contributed by atoms with E-state index < -0.39 is 12.2 Å². The summed E-state index contributed by atoms with van der Waals surface area (Å²) in [5.41, 5.74) is 0.888. The van der Waals surface area contributed by atoms with Gasteiger partial charge in [-0.15, -0.1) is 0 Å². The summed E-state index contributed by atoms with van der Waals surface area (Å²) in [7, 11) is 0. The van der Waals surface area contributed by atoms with Crippen LogP contribution in [0.4, 0.5) is 5.82 Å². The fourth-order valence-corrected chi connectivity index (χ4v) is 3.58. The van der Waals surface area contributed by atoms with Gasteiger partial charge in [0.25, 0.3) is 0 Å². The van der Waals surface area contributed by atoms with Crippen LogP contribution in [-0.2, 0) is 4.74 Å². The second-order valence-corrected chi connectivity index (χ2v) is 6.90. The molecule has 3 fully saturated rings. The average Bonchev–Trinajstić information content (AvgIpc) is 3.37. The highest BCUT2D eigenvalue weighted by atomic mass is 16.5. The Morgan fingerprint density at radius 3 is 2.59 bits per heavy atom. The number of anilines is 1. The molecule has 6 heteroatoms. The molecule has 1 aliphatic carbocycles. The van der Waals surface area contributed by atoms with Gasteiger partial charge < -0.3 is 19.8 Å². The van der Waals surface area contributed by atoms with E-state index in [0.29, 0.717) is 12.3 Å². The van der Waals surface area contributed by atoms with Crippen LogP contribution in [0.3, 0.4) is 0 Å². The van der Waals surface area contributed by atoms with Gasteiger partial charge in [-0.25, -0.2) is 9.97 Å². The first kappa shape index (κ1) is 14.4. The largest absolute Gasteiger partial charge is 0.390 e. The van der Waals surface area contributed by atoms with Crippen molar-refractivity contribution in [2.75, 3.05) is 24.6 Å². The molecular weight excluding hydrogens is 282 g/mol. The third-order valence-electron chi connectivity index (χ3n) is 5.25. The molecule has 6 nitrogen and oxygen atoms in total. The lowest BCUT2D eigenvalue weighted by Crippen LogP contribution is -2.54. The summed E-state index contributed by atoms with van der Waals surface area (Å²) >= 11 is 0. The number of nitrogens with zero attached hydrogens (tertiary/aromatic N) is 3. The molecule has 0 radical (unpaired) electrons. The monoisotopic (exact) mass is 305 g/mol. The summed E-state index contributed by atoms with van der Waals surface area (Å²) in [6, 6.07) is 2.12. The SMILES string of the molecule is O[C@@H]1CC2(CCN(c3cc(C4CC4)ncn3)CC2)OC[C@@H]1O. The third-order valence-corrected chi connectivity index (χ3v) is 5.25.